The summed E-state index contributed by atoms with van der Waals surface area (Å²) in [4.78, 5) is 35.8. The highest BCUT2D eigenvalue weighted by molar-refractivity contribution is 5.84. The van der Waals surface area contributed by atoms with Crippen LogP contribution in [0.3, 0.4) is 0 Å². The molecule has 0 aliphatic heterocycles. The maximum atomic E-state index is 12.4. The van der Waals surface area contributed by atoms with Crippen molar-refractivity contribution in [1.29, 1.82) is 0 Å². The number of benzene rings is 2. The van der Waals surface area contributed by atoms with E-state index in [0.29, 0.717) is 12.8 Å². The van der Waals surface area contributed by atoms with Crippen molar-refractivity contribution in [1.82, 2.24) is 10.6 Å². The van der Waals surface area contributed by atoms with Crippen LogP contribution >= 0.6 is 0 Å². The highest BCUT2D eigenvalue weighted by atomic mass is 16.5. The van der Waals surface area contributed by atoms with E-state index in [4.69, 9.17) is 4.74 Å². The molecule has 0 radical (unpaired) electrons. The summed E-state index contributed by atoms with van der Waals surface area (Å²) in [5.41, 5.74) is 4.71. The molecule has 0 heterocycles. The molecule has 0 bridgehead atoms. The molecule has 2 aromatic carbocycles. The smallest absolute Gasteiger partial charge is 0.407 e. The second-order valence-electron chi connectivity index (χ2n) is 9.34. The Balaban J connectivity index is 1.22. The average molecular weight is 451 g/mol. The van der Waals surface area contributed by atoms with E-state index in [1.54, 1.807) is 13.8 Å². The van der Waals surface area contributed by atoms with Gasteiger partial charge in [-0.05, 0) is 46.9 Å². The van der Waals surface area contributed by atoms with Gasteiger partial charge in [0.05, 0.1) is 0 Å². The molecule has 4 rings (SSSR count). The second-order valence-corrected chi connectivity index (χ2v) is 9.34. The molecule has 33 heavy (non-hydrogen) atoms. The first kappa shape index (κ1) is 22.8. The lowest BCUT2D eigenvalue weighted by atomic mass is 9.78. The van der Waals surface area contributed by atoms with E-state index in [2.05, 4.69) is 34.9 Å². The summed E-state index contributed by atoms with van der Waals surface area (Å²) in [6, 6.07) is 15.5. The summed E-state index contributed by atoms with van der Waals surface area (Å²) in [6.45, 7) is 3.79. The molecule has 0 saturated heterocycles. The van der Waals surface area contributed by atoms with E-state index in [-0.39, 0.29) is 42.7 Å². The minimum atomic E-state index is -1.03. The zero-order valence-electron chi connectivity index (χ0n) is 18.9. The molecule has 2 aliphatic carbocycles. The molecule has 0 aromatic heterocycles. The second kappa shape index (κ2) is 9.65. The lowest BCUT2D eigenvalue weighted by Gasteiger charge is -2.35. The van der Waals surface area contributed by atoms with Gasteiger partial charge in [0, 0.05) is 18.4 Å². The number of carbonyl (C=O) groups excluding carboxylic acids is 2. The Morgan fingerprint density at radius 1 is 1.00 bits per heavy atom. The number of hydrogen-bond donors (Lipinski definition) is 3. The predicted octanol–water partition coefficient (Wildman–Crippen LogP) is 3.92. The molecule has 2 aliphatic rings. The normalized spacial score (nSPS) is 19.7. The number of carbonyl (C=O) groups is 3. The monoisotopic (exact) mass is 450 g/mol. The third-order valence-corrected chi connectivity index (χ3v) is 6.62. The fourth-order valence-electron chi connectivity index (χ4n) is 4.84. The number of rotatable bonds is 8. The molecule has 174 valence electrons. The minimum Gasteiger partial charge on any atom is -0.480 e. The summed E-state index contributed by atoms with van der Waals surface area (Å²) in [6.07, 6.45) is 1.17. The van der Waals surface area contributed by atoms with Crippen LogP contribution in [0.5, 0.6) is 0 Å². The van der Waals surface area contributed by atoms with Gasteiger partial charge in [0.25, 0.3) is 0 Å². The van der Waals surface area contributed by atoms with Gasteiger partial charge in [0.2, 0.25) is 5.91 Å². The molecule has 1 fully saturated rings. The third-order valence-electron chi connectivity index (χ3n) is 6.62. The fourth-order valence-corrected chi connectivity index (χ4v) is 4.84. The first-order chi connectivity index (χ1) is 15.8. The van der Waals surface area contributed by atoms with E-state index in [0.717, 1.165) is 0 Å². The highest BCUT2D eigenvalue weighted by Crippen LogP contribution is 2.44. The van der Waals surface area contributed by atoms with Gasteiger partial charge in [-0.3, -0.25) is 4.79 Å². The van der Waals surface area contributed by atoms with Crippen molar-refractivity contribution in [3.05, 3.63) is 59.7 Å². The first-order valence-electron chi connectivity index (χ1n) is 11.5. The van der Waals surface area contributed by atoms with E-state index >= 15 is 0 Å². The quantitative estimate of drug-likeness (QED) is 0.565. The number of alkyl carbamates (subject to hydrolysis) is 1. The third kappa shape index (κ3) is 5.02. The van der Waals surface area contributed by atoms with Gasteiger partial charge in [-0.25, -0.2) is 9.59 Å². The zero-order chi connectivity index (χ0) is 23.5. The van der Waals surface area contributed by atoms with Gasteiger partial charge in [0.15, 0.2) is 0 Å². The molecule has 0 spiro atoms. The van der Waals surface area contributed by atoms with Crippen molar-refractivity contribution < 1.29 is 24.2 Å². The number of carboxylic acid groups (broad SMARTS) is 1. The van der Waals surface area contributed by atoms with Gasteiger partial charge in [-0.2, -0.15) is 0 Å². The number of carboxylic acids is 1. The van der Waals surface area contributed by atoms with Crippen LogP contribution in [0.2, 0.25) is 0 Å². The van der Waals surface area contributed by atoms with Crippen LogP contribution in [-0.4, -0.2) is 41.8 Å². The van der Waals surface area contributed by atoms with Gasteiger partial charge in [-0.1, -0.05) is 62.4 Å². The molecule has 2 aromatic rings. The van der Waals surface area contributed by atoms with Crippen molar-refractivity contribution in [3.8, 4) is 11.1 Å². The highest BCUT2D eigenvalue weighted by Gasteiger charge is 2.34. The zero-order valence-corrected chi connectivity index (χ0v) is 18.9. The van der Waals surface area contributed by atoms with Gasteiger partial charge in [0.1, 0.15) is 12.6 Å². The summed E-state index contributed by atoms with van der Waals surface area (Å²) in [7, 11) is 0. The molecule has 7 heteroatoms. The Labute approximate surface area is 193 Å². The number of hydrogen-bond acceptors (Lipinski definition) is 4. The lowest BCUT2D eigenvalue weighted by molar-refractivity contribution is -0.143. The van der Waals surface area contributed by atoms with Crippen LogP contribution in [0.15, 0.2) is 48.5 Å². The maximum absolute atomic E-state index is 12.4. The SMILES string of the molecule is CC(C)[C@@H](NC(=O)CC1CC(NC(=O)OCC2c3ccccc3-c3ccccc32)C1)C(=O)O. The van der Waals surface area contributed by atoms with Crippen molar-refractivity contribution in [2.24, 2.45) is 11.8 Å². The Kier molecular flexibility index (Phi) is 6.67. The van der Waals surface area contributed by atoms with E-state index in [1.165, 1.54) is 22.3 Å². The minimum absolute atomic E-state index is 0.0177. The summed E-state index contributed by atoms with van der Waals surface area (Å²) >= 11 is 0. The molecule has 1 atom stereocenters. The molecular weight excluding hydrogens is 420 g/mol. The van der Waals surface area contributed by atoms with E-state index in [9.17, 15) is 19.5 Å². The Morgan fingerprint density at radius 2 is 1.58 bits per heavy atom. The Bertz CT molecular complexity index is 999. The van der Waals surface area contributed by atoms with Crippen LogP contribution in [0.4, 0.5) is 4.79 Å². The number of amides is 2. The Morgan fingerprint density at radius 3 is 2.12 bits per heavy atom. The summed E-state index contributed by atoms with van der Waals surface area (Å²) in [5, 5.41) is 14.7. The van der Waals surface area contributed by atoms with Crippen molar-refractivity contribution in [2.75, 3.05) is 6.61 Å². The number of ether oxygens (including phenoxy) is 1. The van der Waals surface area contributed by atoms with Crippen LogP contribution < -0.4 is 10.6 Å². The van der Waals surface area contributed by atoms with Crippen LogP contribution in [-0.2, 0) is 14.3 Å². The molecule has 2 amide bonds. The van der Waals surface area contributed by atoms with E-state index < -0.39 is 18.1 Å². The lowest BCUT2D eigenvalue weighted by Crippen LogP contribution is -2.48. The molecule has 3 N–H and O–H groups in total. The van der Waals surface area contributed by atoms with Crippen molar-refractivity contribution >= 4 is 18.0 Å². The van der Waals surface area contributed by atoms with Gasteiger partial charge in [-0.15, -0.1) is 0 Å². The molecular formula is C26H30N2O5. The van der Waals surface area contributed by atoms with Crippen molar-refractivity contribution in [3.63, 3.8) is 0 Å². The summed E-state index contributed by atoms with van der Waals surface area (Å²) in [5.74, 6) is -1.33. The van der Waals surface area contributed by atoms with Crippen LogP contribution in [0.1, 0.15) is 50.2 Å². The number of nitrogens with one attached hydrogen (secondary N) is 2. The molecule has 7 nitrogen and oxygen atoms in total. The fraction of sp³-hybridized carbons (Fsp3) is 0.423. The summed E-state index contributed by atoms with van der Waals surface area (Å²) < 4.78 is 5.57. The predicted molar refractivity (Wildman–Crippen MR) is 124 cm³/mol. The van der Waals surface area contributed by atoms with Crippen LogP contribution in [0.25, 0.3) is 11.1 Å². The average Bonchev–Trinajstić information content (AvgIpc) is 3.08. The number of fused-ring (bicyclic) bond motifs is 3. The number of aliphatic carboxylic acids is 1. The maximum Gasteiger partial charge on any atom is 0.407 e. The molecule has 0 unspecified atom stereocenters. The topological polar surface area (TPSA) is 105 Å². The van der Waals surface area contributed by atoms with Gasteiger partial charge < -0.3 is 20.5 Å². The van der Waals surface area contributed by atoms with Gasteiger partial charge >= 0.3 is 12.1 Å². The standard InChI is InChI=1S/C26H30N2O5/c1-15(2)24(25(30)31)28-23(29)13-16-11-17(12-16)27-26(32)33-14-22-20-9-5-3-7-18(20)19-8-4-6-10-21(19)22/h3-10,15-17,22,24H,11-14H2,1-2H3,(H,27,32)(H,28,29)(H,30,31)/t16?,17?,24-/m1/s1. The largest absolute Gasteiger partial charge is 0.480 e. The van der Waals surface area contributed by atoms with Crippen LogP contribution in [0, 0.1) is 11.8 Å². The van der Waals surface area contributed by atoms with E-state index in [1.807, 2.05) is 24.3 Å². The Hall–Kier alpha value is -3.35. The molecule has 1 saturated carbocycles. The first-order valence-corrected chi connectivity index (χ1v) is 11.5. The van der Waals surface area contributed by atoms with Crippen molar-refractivity contribution in [2.45, 2.75) is 51.1 Å².